The van der Waals surface area contributed by atoms with E-state index in [1.165, 1.54) is 44.9 Å². The van der Waals surface area contributed by atoms with Crippen molar-refractivity contribution in [2.24, 2.45) is 11.8 Å². The zero-order valence-corrected chi connectivity index (χ0v) is 14.0. The van der Waals surface area contributed by atoms with E-state index >= 15 is 0 Å². The minimum Gasteiger partial charge on any atom is -0.462 e. The van der Waals surface area contributed by atoms with Crippen molar-refractivity contribution in [2.75, 3.05) is 6.61 Å². The fourth-order valence-electron chi connectivity index (χ4n) is 2.49. The van der Waals surface area contributed by atoms with Gasteiger partial charge >= 0.3 is 5.97 Å². The van der Waals surface area contributed by atoms with Crippen molar-refractivity contribution in [1.82, 2.24) is 0 Å². The Morgan fingerprint density at radius 2 is 1.65 bits per heavy atom. The molecule has 0 bridgehead atoms. The average molecular weight is 282 g/mol. The molecule has 0 aromatic heterocycles. The molecule has 2 heteroatoms. The van der Waals surface area contributed by atoms with Gasteiger partial charge in [-0.3, -0.25) is 0 Å². The van der Waals surface area contributed by atoms with Crippen LogP contribution in [0.15, 0.2) is 12.2 Å². The molecular weight excluding hydrogens is 248 g/mol. The molecule has 2 unspecified atom stereocenters. The molecule has 0 aliphatic heterocycles. The number of hydrogen-bond acceptors (Lipinski definition) is 2. The third-order valence-corrected chi connectivity index (χ3v) is 3.70. The van der Waals surface area contributed by atoms with E-state index in [-0.39, 0.29) is 5.97 Å². The number of unbranched alkanes of at least 4 members (excludes halogenated alkanes) is 5. The van der Waals surface area contributed by atoms with Gasteiger partial charge in [0, 0.05) is 5.57 Å². The van der Waals surface area contributed by atoms with Crippen molar-refractivity contribution in [3.05, 3.63) is 12.2 Å². The van der Waals surface area contributed by atoms with Crippen LogP contribution in [0, 0.1) is 11.8 Å². The van der Waals surface area contributed by atoms with Gasteiger partial charge in [0.05, 0.1) is 6.61 Å². The van der Waals surface area contributed by atoms with Crippen LogP contribution in [-0.2, 0) is 9.53 Å². The molecular formula is C18H34O2. The molecule has 118 valence electrons. The first-order valence-corrected chi connectivity index (χ1v) is 8.30. The minimum atomic E-state index is -0.263. The van der Waals surface area contributed by atoms with Crippen LogP contribution in [0.3, 0.4) is 0 Å². The quantitative estimate of drug-likeness (QED) is 0.268. The van der Waals surface area contributed by atoms with Crippen molar-refractivity contribution in [3.8, 4) is 0 Å². The summed E-state index contributed by atoms with van der Waals surface area (Å²) in [6.45, 7) is 12.5. The van der Waals surface area contributed by atoms with Crippen LogP contribution in [0.1, 0.15) is 79.1 Å². The highest BCUT2D eigenvalue weighted by molar-refractivity contribution is 5.86. The number of ether oxygens (including phenoxy) is 1. The molecule has 0 fully saturated rings. The summed E-state index contributed by atoms with van der Waals surface area (Å²) in [5.41, 5.74) is 0.484. The van der Waals surface area contributed by atoms with Gasteiger partial charge in [-0.2, -0.15) is 0 Å². The summed E-state index contributed by atoms with van der Waals surface area (Å²) in [5.74, 6) is 0.897. The lowest BCUT2D eigenvalue weighted by molar-refractivity contribution is -0.140. The van der Waals surface area contributed by atoms with Crippen LogP contribution in [0.25, 0.3) is 0 Å². The van der Waals surface area contributed by atoms with Crippen molar-refractivity contribution >= 4 is 5.97 Å². The maximum atomic E-state index is 11.3. The van der Waals surface area contributed by atoms with E-state index in [1.54, 1.807) is 6.92 Å². The van der Waals surface area contributed by atoms with Crippen LogP contribution in [-0.4, -0.2) is 12.6 Å². The van der Waals surface area contributed by atoms with E-state index in [1.807, 2.05) is 0 Å². The molecule has 0 saturated heterocycles. The van der Waals surface area contributed by atoms with Gasteiger partial charge in [-0.1, -0.05) is 72.3 Å². The normalized spacial score (nSPS) is 13.8. The van der Waals surface area contributed by atoms with Crippen molar-refractivity contribution < 1.29 is 9.53 Å². The Kier molecular flexibility index (Phi) is 11.5. The molecule has 0 aromatic rings. The summed E-state index contributed by atoms with van der Waals surface area (Å²) in [7, 11) is 0. The van der Waals surface area contributed by atoms with E-state index in [9.17, 15) is 4.79 Å². The molecule has 0 aliphatic rings. The summed E-state index contributed by atoms with van der Waals surface area (Å²) in [5, 5.41) is 0. The Bertz CT molecular complexity index is 271. The lowest BCUT2D eigenvalue weighted by Crippen LogP contribution is -2.14. The molecule has 0 aliphatic carbocycles. The second kappa shape index (κ2) is 12.0. The van der Waals surface area contributed by atoms with Crippen LogP contribution in [0.2, 0.25) is 0 Å². The number of rotatable bonds is 12. The zero-order chi connectivity index (χ0) is 15.4. The Morgan fingerprint density at radius 1 is 1.05 bits per heavy atom. The summed E-state index contributed by atoms with van der Waals surface area (Å²) >= 11 is 0. The van der Waals surface area contributed by atoms with Crippen LogP contribution in [0.4, 0.5) is 0 Å². The van der Waals surface area contributed by atoms with Crippen LogP contribution in [0.5, 0.6) is 0 Å². The molecule has 0 heterocycles. The third-order valence-electron chi connectivity index (χ3n) is 3.70. The summed E-state index contributed by atoms with van der Waals surface area (Å²) in [6, 6.07) is 0. The number of hydrogen-bond donors (Lipinski definition) is 0. The highest BCUT2D eigenvalue weighted by atomic mass is 16.5. The Morgan fingerprint density at radius 3 is 2.25 bits per heavy atom. The lowest BCUT2D eigenvalue weighted by Gasteiger charge is -2.17. The van der Waals surface area contributed by atoms with Crippen LogP contribution < -0.4 is 0 Å². The smallest absolute Gasteiger partial charge is 0.333 e. The number of esters is 1. The summed E-state index contributed by atoms with van der Waals surface area (Å²) in [4.78, 5) is 11.3. The second-order valence-corrected chi connectivity index (χ2v) is 6.38. The van der Waals surface area contributed by atoms with Gasteiger partial charge < -0.3 is 4.74 Å². The maximum absolute atomic E-state index is 11.3. The van der Waals surface area contributed by atoms with Crippen LogP contribution >= 0.6 is 0 Å². The molecule has 0 N–H and O–H groups in total. The largest absolute Gasteiger partial charge is 0.462 e. The van der Waals surface area contributed by atoms with Gasteiger partial charge in [0.1, 0.15) is 0 Å². The standard InChI is InChI=1S/C18H34O2/c1-6-7-8-9-10-11-12-16(4)13-17(5)14-20-18(19)15(2)3/h16-17H,2,6-14H2,1,3-5H3. The minimum absolute atomic E-state index is 0.263. The van der Waals surface area contributed by atoms with E-state index in [2.05, 4.69) is 27.4 Å². The Labute approximate surface area is 126 Å². The SMILES string of the molecule is C=C(C)C(=O)OCC(C)CC(C)CCCCCCCC. The Balaban J connectivity index is 3.56. The molecule has 0 amide bonds. The van der Waals surface area contributed by atoms with Gasteiger partial charge in [0.25, 0.3) is 0 Å². The molecule has 0 rings (SSSR count). The predicted octanol–water partition coefficient (Wildman–Crippen LogP) is 5.52. The van der Waals surface area contributed by atoms with E-state index in [0.717, 1.165) is 12.3 Å². The first-order valence-electron chi connectivity index (χ1n) is 8.30. The zero-order valence-electron chi connectivity index (χ0n) is 14.0. The Hall–Kier alpha value is -0.790. The molecule has 2 atom stereocenters. The van der Waals surface area contributed by atoms with E-state index < -0.39 is 0 Å². The first-order chi connectivity index (χ1) is 9.47. The number of carbonyl (C=O) groups is 1. The average Bonchev–Trinajstić information content (AvgIpc) is 2.39. The van der Waals surface area contributed by atoms with Gasteiger partial charge in [-0.15, -0.1) is 0 Å². The number of carbonyl (C=O) groups excluding carboxylic acids is 1. The topological polar surface area (TPSA) is 26.3 Å². The van der Waals surface area contributed by atoms with E-state index in [4.69, 9.17) is 4.74 Å². The first kappa shape index (κ1) is 19.2. The van der Waals surface area contributed by atoms with Crippen molar-refractivity contribution in [3.63, 3.8) is 0 Å². The van der Waals surface area contributed by atoms with Crippen molar-refractivity contribution in [1.29, 1.82) is 0 Å². The maximum Gasteiger partial charge on any atom is 0.333 e. The summed E-state index contributed by atoms with van der Waals surface area (Å²) < 4.78 is 5.20. The fourth-order valence-corrected chi connectivity index (χ4v) is 2.49. The van der Waals surface area contributed by atoms with Gasteiger partial charge in [-0.25, -0.2) is 4.79 Å². The van der Waals surface area contributed by atoms with Gasteiger partial charge in [-0.05, 0) is 25.2 Å². The predicted molar refractivity (Wildman–Crippen MR) is 86.7 cm³/mol. The molecule has 0 aromatic carbocycles. The molecule has 0 radical (unpaired) electrons. The fraction of sp³-hybridized carbons (Fsp3) is 0.833. The second-order valence-electron chi connectivity index (χ2n) is 6.38. The van der Waals surface area contributed by atoms with Gasteiger partial charge in [0.15, 0.2) is 0 Å². The molecule has 2 nitrogen and oxygen atoms in total. The highest BCUT2D eigenvalue weighted by Gasteiger charge is 2.11. The monoisotopic (exact) mass is 282 g/mol. The van der Waals surface area contributed by atoms with Gasteiger partial charge in [0.2, 0.25) is 0 Å². The lowest BCUT2D eigenvalue weighted by atomic mass is 9.93. The van der Waals surface area contributed by atoms with E-state index in [0.29, 0.717) is 18.1 Å². The molecule has 20 heavy (non-hydrogen) atoms. The third kappa shape index (κ3) is 11.1. The summed E-state index contributed by atoms with van der Waals surface area (Å²) in [6.07, 6.45) is 10.6. The molecule has 0 spiro atoms. The highest BCUT2D eigenvalue weighted by Crippen LogP contribution is 2.19. The van der Waals surface area contributed by atoms with Crippen molar-refractivity contribution in [2.45, 2.75) is 79.1 Å². The molecule has 0 saturated carbocycles.